The lowest BCUT2D eigenvalue weighted by Crippen LogP contribution is -2.29. The van der Waals surface area contributed by atoms with E-state index in [0.717, 1.165) is 19.3 Å². The summed E-state index contributed by atoms with van der Waals surface area (Å²) in [5.74, 6) is -0.0527. The third-order valence-electron chi connectivity index (χ3n) is 3.56. The van der Waals surface area contributed by atoms with Crippen LogP contribution in [0.25, 0.3) is 0 Å². The number of esters is 1. The zero-order chi connectivity index (χ0) is 12.6. The van der Waals surface area contributed by atoms with Crippen LogP contribution in [0.3, 0.4) is 0 Å². The summed E-state index contributed by atoms with van der Waals surface area (Å²) < 4.78 is 5.28. The van der Waals surface area contributed by atoms with Crippen LogP contribution >= 0.6 is 0 Å². The molecule has 0 aromatic heterocycles. The Morgan fingerprint density at radius 3 is 2.76 bits per heavy atom. The normalized spacial score (nSPS) is 32.2. The topological polar surface area (TPSA) is 55.4 Å². The molecule has 0 aromatic carbocycles. The van der Waals surface area contributed by atoms with Gasteiger partial charge in [-0.1, -0.05) is 6.42 Å². The van der Waals surface area contributed by atoms with Crippen molar-refractivity contribution in [2.45, 2.75) is 58.1 Å². The van der Waals surface area contributed by atoms with Gasteiger partial charge in [-0.3, -0.25) is 9.59 Å². The highest BCUT2D eigenvalue weighted by Gasteiger charge is 2.45. The van der Waals surface area contributed by atoms with Crippen LogP contribution in [0.2, 0.25) is 0 Å². The van der Waals surface area contributed by atoms with Crippen LogP contribution in [-0.4, -0.2) is 23.5 Å². The Balaban J connectivity index is 1.94. The van der Waals surface area contributed by atoms with Crippen molar-refractivity contribution in [3.8, 4) is 0 Å². The van der Waals surface area contributed by atoms with Crippen molar-refractivity contribution >= 4 is 11.9 Å². The third-order valence-corrected chi connectivity index (χ3v) is 3.56. The lowest BCUT2D eigenvalue weighted by atomic mass is 9.89. The summed E-state index contributed by atoms with van der Waals surface area (Å²) >= 11 is 0. The molecule has 0 radical (unpaired) electrons. The fourth-order valence-corrected chi connectivity index (χ4v) is 2.94. The van der Waals surface area contributed by atoms with Crippen LogP contribution < -0.4 is 5.32 Å². The lowest BCUT2D eigenvalue weighted by Gasteiger charge is -2.21. The number of rotatable bonds is 2. The first-order valence-electron chi connectivity index (χ1n) is 6.39. The molecule has 4 nitrogen and oxygen atoms in total. The molecule has 2 rings (SSSR count). The first-order valence-corrected chi connectivity index (χ1v) is 6.39. The molecule has 1 amide bonds. The summed E-state index contributed by atoms with van der Waals surface area (Å²) in [5.41, 5.74) is -0.471. The second-order valence-electron chi connectivity index (χ2n) is 6.11. The Bertz CT molecular complexity index is 332. The van der Waals surface area contributed by atoms with Crippen molar-refractivity contribution in [1.29, 1.82) is 0 Å². The summed E-state index contributed by atoms with van der Waals surface area (Å²) in [6, 6.07) is 0.301. The summed E-state index contributed by atoms with van der Waals surface area (Å²) in [4.78, 5) is 23.5. The van der Waals surface area contributed by atoms with E-state index in [9.17, 15) is 9.59 Å². The molecular formula is C13H21NO3. The number of carbonyl (C=O) groups is 2. The maximum Gasteiger partial charge on any atom is 0.307 e. The van der Waals surface area contributed by atoms with Crippen LogP contribution in [0, 0.1) is 11.8 Å². The molecule has 1 N–H and O–H groups in total. The lowest BCUT2D eigenvalue weighted by molar-refractivity contribution is -0.157. The molecule has 1 aliphatic carbocycles. The SMILES string of the molecule is CC(C)(C)OC(=O)C[C@@H]1C(=O)N[C@@H]2CCC[C@H]12. The van der Waals surface area contributed by atoms with Gasteiger partial charge in [0.25, 0.3) is 0 Å². The molecule has 1 heterocycles. The van der Waals surface area contributed by atoms with Gasteiger partial charge in [0.15, 0.2) is 0 Å². The van der Waals surface area contributed by atoms with Gasteiger partial charge in [0.05, 0.1) is 12.3 Å². The number of ether oxygens (including phenoxy) is 1. The van der Waals surface area contributed by atoms with Crippen LogP contribution in [0.15, 0.2) is 0 Å². The fourth-order valence-electron chi connectivity index (χ4n) is 2.94. The van der Waals surface area contributed by atoms with Crippen molar-refractivity contribution < 1.29 is 14.3 Å². The Labute approximate surface area is 102 Å². The van der Waals surface area contributed by atoms with E-state index in [1.54, 1.807) is 0 Å². The molecule has 2 fully saturated rings. The molecule has 0 spiro atoms. The van der Waals surface area contributed by atoms with Crippen LogP contribution in [-0.2, 0) is 14.3 Å². The zero-order valence-electron chi connectivity index (χ0n) is 10.8. The van der Waals surface area contributed by atoms with E-state index in [1.165, 1.54) is 0 Å². The standard InChI is InChI=1S/C13H21NO3/c1-13(2,3)17-11(15)7-9-8-5-4-6-10(8)14-12(9)16/h8-10H,4-7H2,1-3H3,(H,14,16)/t8-,9+,10-/m1/s1. The summed E-state index contributed by atoms with van der Waals surface area (Å²) in [6.07, 6.45) is 3.49. The van der Waals surface area contributed by atoms with E-state index < -0.39 is 5.60 Å². The Morgan fingerprint density at radius 1 is 1.41 bits per heavy atom. The Hall–Kier alpha value is -1.06. The van der Waals surface area contributed by atoms with E-state index >= 15 is 0 Å². The van der Waals surface area contributed by atoms with Crippen LogP contribution in [0.4, 0.5) is 0 Å². The molecule has 4 heteroatoms. The van der Waals surface area contributed by atoms with Crippen molar-refractivity contribution in [2.75, 3.05) is 0 Å². The highest BCUT2D eigenvalue weighted by Crippen LogP contribution is 2.38. The number of amides is 1. The Kier molecular flexibility index (Phi) is 3.15. The van der Waals surface area contributed by atoms with Gasteiger partial charge in [-0.15, -0.1) is 0 Å². The molecule has 17 heavy (non-hydrogen) atoms. The molecule has 2 aliphatic rings. The highest BCUT2D eigenvalue weighted by molar-refractivity contribution is 5.86. The van der Waals surface area contributed by atoms with Gasteiger partial charge in [-0.05, 0) is 39.5 Å². The first kappa shape index (κ1) is 12.4. The minimum Gasteiger partial charge on any atom is -0.460 e. The summed E-state index contributed by atoms with van der Waals surface area (Å²) in [7, 11) is 0. The predicted molar refractivity (Wildman–Crippen MR) is 63.2 cm³/mol. The van der Waals surface area contributed by atoms with Crippen molar-refractivity contribution in [2.24, 2.45) is 11.8 Å². The molecular weight excluding hydrogens is 218 g/mol. The number of nitrogens with one attached hydrogen (secondary N) is 1. The predicted octanol–water partition coefficient (Wildman–Crippen LogP) is 1.63. The second kappa shape index (κ2) is 4.31. The molecule has 1 saturated heterocycles. The number of hydrogen-bond acceptors (Lipinski definition) is 3. The summed E-state index contributed by atoms with van der Waals surface area (Å²) in [6.45, 7) is 5.54. The van der Waals surface area contributed by atoms with Gasteiger partial charge in [0, 0.05) is 6.04 Å². The maximum atomic E-state index is 11.8. The van der Waals surface area contributed by atoms with Gasteiger partial charge in [0.2, 0.25) is 5.91 Å². The van der Waals surface area contributed by atoms with E-state index in [0.29, 0.717) is 12.0 Å². The van der Waals surface area contributed by atoms with Gasteiger partial charge >= 0.3 is 5.97 Å². The number of fused-ring (bicyclic) bond motifs is 1. The zero-order valence-corrected chi connectivity index (χ0v) is 10.8. The van der Waals surface area contributed by atoms with Gasteiger partial charge in [0.1, 0.15) is 5.60 Å². The van der Waals surface area contributed by atoms with Gasteiger partial charge in [-0.25, -0.2) is 0 Å². The minimum absolute atomic E-state index is 0.0329. The monoisotopic (exact) mass is 239 g/mol. The Morgan fingerprint density at radius 2 is 2.12 bits per heavy atom. The van der Waals surface area contributed by atoms with E-state index in [2.05, 4.69) is 5.32 Å². The largest absolute Gasteiger partial charge is 0.460 e. The molecule has 0 unspecified atom stereocenters. The number of carbonyl (C=O) groups excluding carboxylic acids is 2. The molecule has 96 valence electrons. The molecule has 0 aromatic rings. The first-order chi connectivity index (χ1) is 7.87. The quantitative estimate of drug-likeness (QED) is 0.745. The van der Waals surface area contributed by atoms with E-state index in [-0.39, 0.29) is 24.2 Å². The average molecular weight is 239 g/mol. The third kappa shape index (κ3) is 2.79. The van der Waals surface area contributed by atoms with Crippen molar-refractivity contribution in [3.63, 3.8) is 0 Å². The van der Waals surface area contributed by atoms with Crippen LogP contribution in [0.5, 0.6) is 0 Å². The second-order valence-corrected chi connectivity index (χ2v) is 6.11. The molecule has 1 saturated carbocycles. The molecule has 1 aliphatic heterocycles. The van der Waals surface area contributed by atoms with Gasteiger partial charge in [-0.2, -0.15) is 0 Å². The number of hydrogen-bond donors (Lipinski definition) is 1. The molecule has 3 atom stereocenters. The highest BCUT2D eigenvalue weighted by atomic mass is 16.6. The van der Waals surface area contributed by atoms with Crippen molar-refractivity contribution in [3.05, 3.63) is 0 Å². The van der Waals surface area contributed by atoms with E-state index in [4.69, 9.17) is 4.74 Å². The maximum absolute atomic E-state index is 11.8. The van der Waals surface area contributed by atoms with Gasteiger partial charge < -0.3 is 10.1 Å². The average Bonchev–Trinajstić information content (AvgIpc) is 2.67. The molecule has 0 bridgehead atoms. The van der Waals surface area contributed by atoms with Crippen molar-refractivity contribution in [1.82, 2.24) is 5.32 Å². The summed E-state index contributed by atoms with van der Waals surface area (Å²) in [5, 5.41) is 2.99. The van der Waals surface area contributed by atoms with E-state index in [1.807, 2.05) is 20.8 Å². The van der Waals surface area contributed by atoms with Crippen LogP contribution in [0.1, 0.15) is 46.5 Å². The smallest absolute Gasteiger partial charge is 0.307 e. The fraction of sp³-hybridized carbons (Fsp3) is 0.846. The minimum atomic E-state index is -0.471.